The maximum Gasteiger partial charge on any atom is 0.340 e. The predicted octanol–water partition coefficient (Wildman–Crippen LogP) is 2.31. The lowest BCUT2D eigenvalue weighted by molar-refractivity contribution is 0.0527. The highest BCUT2D eigenvalue weighted by molar-refractivity contribution is 5.96. The molecule has 0 spiro atoms. The van der Waals surface area contributed by atoms with Crippen molar-refractivity contribution in [2.75, 3.05) is 18.5 Å². The molecule has 0 bridgehead atoms. The molecule has 1 amide bonds. The van der Waals surface area contributed by atoms with Crippen LogP contribution in [0.4, 0.5) is 11.5 Å². The number of hydrogen-bond donors (Lipinski definition) is 2. The molecule has 0 radical (unpaired) electrons. The zero-order chi connectivity index (χ0) is 17.4. The van der Waals surface area contributed by atoms with Gasteiger partial charge < -0.3 is 15.4 Å². The summed E-state index contributed by atoms with van der Waals surface area (Å²) >= 11 is 0. The number of esters is 1. The summed E-state index contributed by atoms with van der Waals surface area (Å²) in [7, 11) is 0. The molecule has 0 saturated carbocycles. The number of hydrogen-bond acceptors (Lipinski definition) is 6. The second-order valence-electron chi connectivity index (χ2n) is 4.69. The predicted molar refractivity (Wildman–Crippen MR) is 90.2 cm³/mol. The lowest BCUT2D eigenvalue weighted by Gasteiger charge is -2.10. The van der Waals surface area contributed by atoms with E-state index in [2.05, 4.69) is 27.4 Å². The molecule has 1 aromatic heterocycles. The van der Waals surface area contributed by atoms with Crippen LogP contribution in [0.25, 0.3) is 0 Å². The Labute approximate surface area is 139 Å². The summed E-state index contributed by atoms with van der Waals surface area (Å²) in [5.74, 6) is -0.345. The number of para-hydroxylation sites is 1. The third-order valence-corrected chi connectivity index (χ3v) is 2.99. The smallest absolute Gasteiger partial charge is 0.340 e. The van der Waals surface area contributed by atoms with E-state index in [0.29, 0.717) is 30.2 Å². The Morgan fingerprint density at radius 2 is 2.00 bits per heavy atom. The summed E-state index contributed by atoms with van der Waals surface area (Å²) in [6, 6.07) is 10.1. The average molecular weight is 326 g/mol. The van der Waals surface area contributed by atoms with Gasteiger partial charge in [0.2, 0.25) is 0 Å². The molecule has 2 N–H and O–H groups in total. The Morgan fingerprint density at radius 3 is 2.67 bits per heavy atom. The third-order valence-electron chi connectivity index (χ3n) is 2.99. The first-order valence-corrected chi connectivity index (χ1v) is 7.41. The summed E-state index contributed by atoms with van der Waals surface area (Å²) < 4.78 is 5.02. The second-order valence-corrected chi connectivity index (χ2v) is 4.69. The van der Waals surface area contributed by atoms with Gasteiger partial charge in [-0.3, -0.25) is 4.79 Å². The van der Waals surface area contributed by atoms with E-state index in [1.54, 1.807) is 49.4 Å². The van der Waals surface area contributed by atoms with E-state index in [0.717, 1.165) is 0 Å². The van der Waals surface area contributed by atoms with Crippen LogP contribution in [-0.4, -0.2) is 35.2 Å². The van der Waals surface area contributed by atoms with Crippen molar-refractivity contribution < 1.29 is 14.3 Å². The summed E-state index contributed by atoms with van der Waals surface area (Å²) in [5, 5.41) is 13.4. The van der Waals surface area contributed by atoms with Gasteiger partial charge in [-0.25, -0.2) is 4.79 Å². The van der Waals surface area contributed by atoms with Crippen LogP contribution in [0.3, 0.4) is 0 Å². The molecule has 0 unspecified atom stereocenters. The molecule has 1 aromatic carbocycles. The molecule has 24 heavy (non-hydrogen) atoms. The van der Waals surface area contributed by atoms with Gasteiger partial charge in [0, 0.05) is 6.54 Å². The largest absolute Gasteiger partial charge is 0.462 e. The molecule has 0 aliphatic heterocycles. The first kappa shape index (κ1) is 17.1. The molecule has 124 valence electrons. The van der Waals surface area contributed by atoms with Crippen LogP contribution in [0.2, 0.25) is 0 Å². The van der Waals surface area contributed by atoms with E-state index < -0.39 is 5.97 Å². The van der Waals surface area contributed by atoms with E-state index in [4.69, 9.17) is 4.74 Å². The van der Waals surface area contributed by atoms with E-state index in [1.807, 2.05) is 0 Å². The van der Waals surface area contributed by atoms with Gasteiger partial charge in [-0.15, -0.1) is 16.8 Å². The number of anilines is 2. The summed E-state index contributed by atoms with van der Waals surface area (Å²) in [4.78, 5) is 23.7. The topological polar surface area (TPSA) is 93.2 Å². The standard InChI is InChI=1S/C17H18N4O3/c1-3-11-18-16(22)14-9-10-15(21-20-14)19-13-8-6-5-7-12(13)17(23)24-4-2/h3,5-10H,1,4,11H2,2H3,(H,18,22)(H,19,21). The van der Waals surface area contributed by atoms with Gasteiger partial charge in [0.25, 0.3) is 5.91 Å². The van der Waals surface area contributed by atoms with Crippen molar-refractivity contribution in [1.82, 2.24) is 15.5 Å². The van der Waals surface area contributed by atoms with Gasteiger partial charge in [-0.2, -0.15) is 0 Å². The number of nitrogens with one attached hydrogen (secondary N) is 2. The molecule has 0 aliphatic rings. The van der Waals surface area contributed by atoms with Crippen molar-refractivity contribution in [3.8, 4) is 0 Å². The van der Waals surface area contributed by atoms with Crippen LogP contribution in [0.1, 0.15) is 27.8 Å². The number of nitrogens with zero attached hydrogens (tertiary/aromatic N) is 2. The zero-order valence-corrected chi connectivity index (χ0v) is 13.3. The van der Waals surface area contributed by atoms with Gasteiger partial charge in [-0.05, 0) is 31.2 Å². The summed E-state index contributed by atoms with van der Waals surface area (Å²) in [6.45, 7) is 5.92. The van der Waals surface area contributed by atoms with E-state index >= 15 is 0 Å². The fourth-order valence-electron chi connectivity index (χ4n) is 1.89. The van der Waals surface area contributed by atoms with Crippen LogP contribution in [0.15, 0.2) is 49.1 Å². The molecule has 2 rings (SSSR count). The SMILES string of the molecule is C=CCNC(=O)c1ccc(Nc2ccccc2C(=O)OCC)nn1. The molecule has 2 aromatic rings. The first-order valence-electron chi connectivity index (χ1n) is 7.41. The van der Waals surface area contributed by atoms with Crippen molar-refractivity contribution >= 4 is 23.4 Å². The molecule has 0 fully saturated rings. The van der Waals surface area contributed by atoms with E-state index in [9.17, 15) is 9.59 Å². The van der Waals surface area contributed by atoms with Crippen molar-refractivity contribution in [2.45, 2.75) is 6.92 Å². The van der Waals surface area contributed by atoms with Gasteiger partial charge in [0.1, 0.15) is 0 Å². The van der Waals surface area contributed by atoms with Gasteiger partial charge in [0.05, 0.1) is 17.9 Å². The molecular weight excluding hydrogens is 308 g/mol. The third kappa shape index (κ3) is 4.39. The minimum atomic E-state index is -0.422. The number of rotatable bonds is 7. The van der Waals surface area contributed by atoms with Crippen molar-refractivity contribution in [3.05, 3.63) is 60.3 Å². The Morgan fingerprint density at radius 1 is 1.21 bits per heavy atom. The highest BCUT2D eigenvalue weighted by atomic mass is 16.5. The highest BCUT2D eigenvalue weighted by Crippen LogP contribution is 2.20. The van der Waals surface area contributed by atoms with Crippen LogP contribution < -0.4 is 10.6 Å². The summed E-state index contributed by atoms with van der Waals surface area (Å²) in [6.07, 6.45) is 1.58. The quantitative estimate of drug-likeness (QED) is 0.599. The average Bonchev–Trinajstić information content (AvgIpc) is 2.61. The van der Waals surface area contributed by atoms with Crippen LogP contribution in [0.5, 0.6) is 0 Å². The number of benzene rings is 1. The lowest BCUT2D eigenvalue weighted by Crippen LogP contribution is -2.24. The second kappa shape index (κ2) is 8.42. The van der Waals surface area contributed by atoms with Gasteiger partial charge in [-0.1, -0.05) is 18.2 Å². The van der Waals surface area contributed by atoms with Crippen LogP contribution in [-0.2, 0) is 4.74 Å². The highest BCUT2D eigenvalue weighted by Gasteiger charge is 2.13. The summed E-state index contributed by atoms with van der Waals surface area (Å²) in [5.41, 5.74) is 1.14. The van der Waals surface area contributed by atoms with E-state index in [1.165, 1.54) is 0 Å². The number of amides is 1. The maximum absolute atomic E-state index is 11.9. The van der Waals surface area contributed by atoms with Crippen molar-refractivity contribution in [2.24, 2.45) is 0 Å². The number of ether oxygens (including phenoxy) is 1. The molecule has 0 aliphatic carbocycles. The Hall–Kier alpha value is -3.22. The Balaban J connectivity index is 2.13. The fourth-order valence-corrected chi connectivity index (χ4v) is 1.89. The minimum Gasteiger partial charge on any atom is -0.462 e. The normalized spacial score (nSPS) is 9.88. The number of carbonyl (C=O) groups excluding carboxylic acids is 2. The van der Waals surface area contributed by atoms with Crippen molar-refractivity contribution in [3.63, 3.8) is 0 Å². The molecule has 7 heteroatoms. The monoisotopic (exact) mass is 326 g/mol. The first-order chi connectivity index (χ1) is 11.7. The number of carbonyl (C=O) groups is 2. The van der Waals surface area contributed by atoms with Crippen molar-refractivity contribution in [1.29, 1.82) is 0 Å². The Kier molecular flexibility index (Phi) is 6.01. The van der Waals surface area contributed by atoms with Crippen LogP contribution in [0, 0.1) is 0 Å². The zero-order valence-electron chi connectivity index (χ0n) is 13.3. The van der Waals surface area contributed by atoms with Gasteiger partial charge in [0.15, 0.2) is 11.5 Å². The maximum atomic E-state index is 11.9. The molecule has 7 nitrogen and oxygen atoms in total. The van der Waals surface area contributed by atoms with Crippen LogP contribution >= 0.6 is 0 Å². The molecule has 1 heterocycles. The molecular formula is C17H18N4O3. The fraction of sp³-hybridized carbons (Fsp3) is 0.176. The number of aromatic nitrogens is 2. The Bertz CT molecular complexity index is 729. The molecule has 0 saturated heterocycles. The lowest BCUT2D eigenvalue weighted by atomic mass is 10.2. The van der Waals surface area contributed by atoms with Gasteiger partial charge >= 0.3 is 5.97 Å². The molecule has 0 atom stereocenters. The minimum absolute atomic E-state index is 0.195. The van der Waals surface area contributed by atoms with E-state index in [-0.39, 0.29) is 11.6 Å².